The Morgan fingerprint density at radius 1 is 0.935 bits per heavy atom. The van der Waals surface area contributed by atoms with E-state index >= 15 is 0 Å². The van der Waals surface area contributed by atoms with Gasteiger partial charge in [-0.05, 0) is 59.7 Å². The third-order valence-electron chi connectivity index (χ3n) is 8.87. The van der Waals surface area contributed by atoms with Crippen LogP contribution in [-0.4, -0.2) is 81.1 Å². The van der Waals surface area contributed by atoms with Crippen molar-refractivity contribution >= 4 is 65.9 Å². The van der Waals surface area contributed by atoms with Gasteiger partial charge in [-0.15, -0.1) is 5.11 Å². The predicted molar refractivity (Wildman–Crippen MR) is 181 cm³/mol. The molecule has 1 heterocycles. The molecule has 0 saturated heterocycles. The van der Waals surface area contributed by atoms with E-state index in [1.54, 1.807) is 27.8 Å². The summed E-state index contributed by atoms with van der Waals surface area (Å²) in [6, 6.07) is 13.6. The van der Waals surface area contributed by atoms with Crippen LogP contribution < -0.4 is 5.32 Å². The molecule has 3 aromatic carbocycles. The van der Waals surface area contributed by atoms with Crippen molar-refractivity contribution in [3.05, 3.63) is 100 Å². The van der Waals surface area contributed by atoms with E-state index < -0.39 is 62.3 Å². The normalized spacial score (nSPS) is 13.5. The van der Waals surface area contributed by atoms with Crippen LogP contribution in [0.2, 0.25) is 5.11 Å². The topological polar surface area (TPSA) is 88.4 Å². The quantitative estimate of drug-likeness (QED) is 0.182. The van der Waals surface area contributed by atoms with E-state index in [4.69, 9.17) is 0 Å². The summed E-state index contributed by atoms with van der Waals surface area (Å²) < 4.78 is 95.2. The lowest BCUT2D eigenvalue weighted by Crippen LogP contribution is -2.52. The van der Waals surface area contributed by atoms with E-state index in [0.29, 0.717) is 28.2 Å². The lowest BCUT2D eigenvalue weighted by atomic mass is 9.30. The van der Waals surface area contributed by atoms with Gasteiger partial charge in [0.25, 0.3) is 5.91 Å². The fourth-order valence-corrected chi connectivity index (χ4v) is 7.07. The highest BCUT2D eigenvalue weighted by atomic mass is 32.2. The Morgan fingerprint density at radius 3 is 2.15 bits per heavy atom. The highest BCUT2D eigenvalue weighted by Gasteiger charge is 2.44. The smallest absolute Gasteiger partial charge is 0.394 e. The van der Waals surface area contributed by atoms with Crippen LogP contribution >= 0.6 is 0 Å². The van der Waals surface area contributed by atoms with Crippen LogP contribution in [0.1, 0.15) is 38.8 Å². The lowest BCUT2D eigenvalue weighted by molar-refractivity contribution is -0.138. The maximum absolute atomic E-state index is 13.6. The molecule has 6 nitrogen and oxygen atoms in total. The molecule has 0 saturated carbocycles. The first-order valence-electron chi connectivity index (χ1n) is 14.6. The van der Waals surface area contributed by atoms with E-state index in [1.165, 1.54) is 41.0 Å². The van der Waals surface area contributed by atoms with Crippen LogP contribution in [0.15, 0.2) is 71.6 Å². The number of aliphatic hydroxyl groups excluding tert-OH is 1. The minimum absolute atomic E-state index is 0.112. The lowest BCUT2D eigenvalue weighted by Gasteiger charge is -2.39. The van der Waals surface area contributed by atoms with Crippen LogP contribution in [0.25, 0.3) is 10.9 Å². The number of nitrogens with zero attached hydrogens (tertiary/aromatic N) is 1. The molecule has 17 heteroatoms. The number of aromatic nitrogens is 1. The van der Waals surface area contributed by atoms with E-state index in [-0.39, 0.29) is 29.0 Å². The number of carbonyl (C=O) groups is 1. The summed E-state index contributed by atoms with van der Waals surface area (Å²) in [4.78, 5) is 13.4. The predicted octanol–water partition coefficient (Wildman–Crippen LogP) is 0.490. The van der Waals surface area contributed by atoms with Crippen molar-refractivity contribution in [3.8, 4) is 0 Å². The molecule has 0 radical (unpaired) electrons. The fourth-order valence-electron chi connectivity index (χ4n) is 5.18. The molecule has 0 spiro atoms. The second kappa shape index (κ2) is 13.0. The van der Waals surface area contributed by atoms with E-state index in [2.05, 4.69) is 5.32 Å². The molecule has 1 amide bonds. The highest BCUT2D eigenvalue weighted by Crippen LogP contribution is 2.36. The van der Waals surface area contributed by atoms with Crippen LogP contribution in [0.4, 0.5) is 22.0 Å². The molecule has 0 aliphatic carbocycles. The van der Waals surface area contributed by atoms with Crippen molar-refractivity contribution in [2.24, 2.45) is 0 Å². The standard InChI is InChI=1S/C29H32B5F5N2O4S/c30-28(31,32)29(33,34)46(44,45)22-6-2-16(3-7-22)24(15-42)40-26(43)18-4-8-25-19(11-18)13-21(41(25)10-9-35)12-17-1-5-20(36)14-23(17)27(37,38)39/h1-8,11,13-14,24,42H,9-10,12,15,30-34H2,(H,40,43)/t24-/m1/s1. The Bertz CT molecular complexity index is 1860. The summed E-state index contributed by atoms with van der Waals surface area (Å²) in [5.41, 5.74) is 0.192. The summed E-state index contributed by atoms with van der Waals surface area (Å²) in [5.74, 6) is -1.59. The van der Waals surface area contributed by atoms with Gasteiger partial charge in [0.1, 0.15) is 28.2 Å². The van der Waals surface area contributed by atoms with Crippen molar-refractivity contribution in [1.29, 1.82) is 0 Å². The molecule has 0 fully saturated rings. The SMILES string of the molecule is BC(B)(B)C(B)(B)S(=O)(=O)c1ccc([C@@H](CO)NC(=O)c2ccc3c(c2)cc(Cc2ccc(F)cc2C(F)(F)F)n3CCF)cc1. The Morgan fingerprint density at radius 2 is 1.59 bits per heavy atom. The largest absolute Gasteiger partial charge is 0.416 e. The molecule has 4 aromatic rings. The third kappa shape index (κ3) is 6.95. The van der Waals surface area contributed by atoms with Gasteiger partial charge >= 0.3 is 6.18 Å². The molecule has 0 aliphatic rings. The van der Waals surface area contributed by atoms with Gasteiger partial charge in [-0.25, -0.2) is 17.2 Å². The minimum atomic E-state index is -4.79. The molecule has 0 aliphatic heterocycles. The van der Waals surface area contributed by atoms with Gasteiger partial charge in [-0.2, -0.15) is 13.2 Å². The molecular formula is C29H32B5F5N2O4S. The van der Waals surface area contributed by atoms with Crippen molar-refractivity contribution in [2.75, 3.05) is 13.3 Å². The van der Waals surface area contributed by atoms with Crippen molar-refractivity contribution in [3.63, 3.8) is 0 Å². The zero-order chi connectivity index (χ0) is 34.2. The van der Waals surface area contributed by atoms with Gasteiger partial charge in [-0.3, -0.25) is 4.79 Å². The van der Waals surface area contributed by atoms with Crippen LogP contribution in [0.3, 0.4) is 0 Å². The van der Waals surface area contributed by atoms with E-state index in [0.717, 1.165) is 12.1 Å². The first-order chi connectivity index (χ1) is 21.3. The Labute approximate surface area is 269 Å². The minimum Gasteiger partial charge on any atom is -0.394 e. The molecule has 46 heavy (non-hydrogen) atoms. The van der Waals surface area contributed by atoms with Crippen LogP contribution in [-0.2, 0) is 29.0 Å². The monoisotopic (exact) mass is 654 g/mol. The molecule has 2 N–H and O–H groups in total. The van der Waals surface area contributed by atoms with Gasteiger partial charge in [0.05, 0.1) is 53.2 Å². The van der Waals surface area contributed by atoms with E-state index in [9.17, 15) is 40.3 Å². The number of carbonyl (C=O) groups excluding carboxylic acids is 1. The fraction of sp³-hybridized carbons (Fsp3) is 0.276. The number of amides is 1. The molecule has 1 aromatic heterocycles. The molecule has 1 atom stereocenters. The maximum atomic E-state index is 13.6. The molecule has 4 rings (SSSR count). The summed E-state index contributed by atoms with van der Waals surface area (Å²) in [7, 11) is 5.16. The van der Waals surface area contributed by atoms with Crippen LogP contribution in [0, 0.1) is 5.82 Å². The first-order valence-corrected chi connectivity index (χ1v) is 16.1. The molecule has 0 bridgehead atoms. The third-order valence-corrected chi connectivity index (χ3v) is 11.7. The molecule has 0 unspecified atom stereocenters. The Kier molecular flexibility index (Phi) is 9.99. The number of aryl methyl sites for hydroxylation is 1. The average Bonchev–Trinajstić information content (AvgIpc) is 3.31. The molecule has 238 valence electrons. The van der Waals surface area contributed by atoms with E-state index in [1.807, 2.05) is 23.5 Å². The number of hydrogen-bond acceptors (Lipinski definition) is 4. The van der Waals surface area contributed by atoms with Crippen molar-refractivity contribution in [2.45, 2.75) is 39.7 Å². The second-order valence-electron chi connectivity index (χ2n) is 12.8. The van der Waals surface area contributed by atoms with Crippen molar-refractivity contribution < 1.29 is 40.3 Å². The van der Waals surface area contributed by atoms with Gasteiger partial charge < -0.3 is 15.0 Å². The zero-order valence-corrected chi connectivity index (χ0v) is 27.0. The number of benzene rings is 3. The number of nitrogens with one attached hydrogen (secondary N) is 1. The molecular weight excluding hydrogens is 621 g/mol. The van der Waals surface area contributed by atoms with Gasteiger partial charge in [0.15, 0.2) is 9.84 Å². The number of aliphatic hydroxyl groups is 1. The number of halogens is 5. The number of hydrogen-bond donors (Lipinski definition) is 2. The number of fused-ring (bicyclic) bond motifs is 1. The van der Waals surface area contributed by atoms with Gasteiger partial charge in [0, 0.05) is 33.1 Å². The number of alkyl halides is 4. The van der Waals surface area contributed by atoms with Crippen molar-refractivity contribution in [1.82, 2.24) is 9.88 Å². The maximum Gasteiger partial charge on any atom is 0.416 e. The number of sulfone groups is 1. The Hall–Kier alpha value is -3.45. The Balaban J connectivity index is 1.60. The average molecular weight is 654 g/mol. The van der Waals surface area contributed by atoms with Crippen LogP contribution in [0.5, 0.6) is 0 Å². The number of rotatable bonds is 11. The van der Waals surface area contributed by atoms with Gasteiger partial charge in [0.2, 0.25) is 0 Å². The zero-order valence-electron chi connectivity index (χ0n) is 26.2. The highest BCUT2D eigenvalue weighted by molar-refractivity contribution is 7.95. The first kappa shape index (κ1) is 35.4. The summed E-state index contributed by atoms with van der Waals surface area (Å²) in [6.07, 6.45) is -5.04. The summed E-state index contributed by atoms with van der Waals surface area (Å²) in [5, 5.41) is 12.7. The second-order valence-corrected chi connectivity index (χ2v) is 15.3. The van der Waals surface area contributed by atoms with Gasteiger partial charge in [-0.1, -0.05) is 18.2 Å². The summed E-state index contributed by atoms with van der Waals surface area (Å²) in [6.45, 7) is -1.41. The summed E-state index contributed by atoms with van der Waals surface area (Å²) >= 11 is 0.